The Labute approximate surface area is 188 Å². The van der Waals surface area contributed by atoms with E-state index in [1.165, 1.54) is 0 Å². The topological polar surface area (TPSA) is 83.3 Å². The zero-order valence-electron chi connectivity index (χ0n) is 16.9. The third-order valence-electron chi connectivity index (χ3n) is 4.90. The van der Waals surface area contributed by atoms with Crippen LogP contribution < -0.4 is 15.6 Å². The van der Waals surface area contributed by atoms with Crippen LogP contribution in [0.15, 0.2) is 47.7 Å². The van der Waals surface area contributed by atoms with Gasteiger partial charge < -0.3 is 15.4 Å². The number of pyridine rings is 1. The molecule has 2 aromatic heterocycles. The predicted octanol–water partition coefficient (Wildman–Crippen LogP) is 2.76. The highest BCUT2D eigenvalue weighted by atomic mass is 127. The van der Waals surface area contributed by atoms with Gasteiger partial charge >= 0.3 is 6.02 Å². The van der Waals surface area contributed by atoms with Crippen molar-refractivity contribution in [1.29, 1.82) is 0 Å². The van der Waals surface area contributed by atoms with Crippen molar-refractivity contribution in [2.45, 2.75) is 19.9 Å². The van der Waals surface area contributed by atoms with Crippen molar-refractivity contribution in [1.82, 2.24) is 20.0 Å². The molecule has 8 nitrogen and oxygen atoms in total. The van der Waals surface area contributed by atoms with Gasteiger partial charge in [0.15, 0.2) is 0 Å². The third kappa shape index (κ3) is 4.20. The van der Waals surface area contributed by atoms with E-state index < -0.39 is 0 Å². The second-order valence-electron chi connectivity index (χ2n) is 6.84. The van der Waals surface area contributed by atoms with Gasteiger partial charge in [-0.3, -0.25) is 14.2 Å². The van der Waals surface area contributed by atoms with Gasteiger partial charge in [-0.15, -0.1) is 5.10 Å². The molecule has 1 amide bonds. The Balaban J connectivity index is 1.47. The number of amides is 1. The van der Waals surface area contributed by atoms with Gasteiger partial charge in [-0.25, -0.2) is 4.98 Å². The van der Waals surface area contributed by atoms with Crippen molar-refractivity contribution >= 4 is 45.9 Å². The molecular weight excluding hydrogens is 495 g/mol. The molecule has 1 aliphatic rings. The lowest BCUT2D eigenvalue weighted by Gasteiger charge is -2.25. The fraction of sp³-hybridized carbons (Fsp3) is 0.286. The predicted molar refractivity (Wildman–Crippen MR) is 125 cm³/mol. The molecule has 0 atom stereocenters. The standard InChI is InChI=1S/C21H23IN6O2/c1-3-17-19(27-13-15(22)6-9-18(27)25-17)20(29)24-12-14-4-7-16(8-5-14)28-11-10-23-21(26-28)30-2/h4-9,13H,3,10-12H2,1-2H3,(H,23,26)(H,24,29). The van der Waals surface area contributed by atoms with Crippen molar-refractivity contribution in [2.24, 2.45) is 5.10 Å². The molecule has 0 aliphatic carbocycles. The molecule has 1 aromatic carbocycles. The van der Waals surface area contributed by atoms with Gasteiger partial charge in [-0.1, -0.05) is 19.1 Å². The summed E-state index contributed by atoms with van der Waals surface area (Å²) < 4.78 is 8.09. The van der Waals surface area contributed by atoms with Crippen LogP contribution in [0.1, 0.15) is 28.7 Å². The number of rotatable bonds is 5. The molecule has 1 aliphatic heterocycles. The molecule has 0 bridgehead atoms. The van der Waals surface area contributed by atoms with Gasteiger partial charge in [0.25, 0.3) is 5.91 Å². The number of carbonyl (C=O) groups excluding carboxylic acids is 1. The summed E-state index contributed by atoms with van der Waals surface area (Å²) in [4.78, 5) is 17.5. The first-order valence-electron chi connectivity index (χ1n) is 9.76. The van der Waals surface area contributed by atoms with Gasteiger partial charge in [0.2, 0.25) is 0 Å². The van der Waals surface area contributed by atoms with Crippen molar-refractivity contribution in [3.63, 3.8) is 0 Å². The van der Waals surface area contributed by atoms with Crippen molar-refractivity contribution < 1.29 is 9.53 Å². The van der Waals surface area contributed by atoms with E-state index in [1.54, 1.807) is 7.11 Å². The molecule has 9 heteroatoms. The van der Waals surface area contributed by atoms with Crippen LogP contribution in [0.25, 0.3) is 5.65 Å². The Morgan fingerprint density at radius 3 is 2.80 bits per heavy atom. The molecule has 30 heavy (non-hydrogen) atoms. The molecule has 2 N–H and O–H groups in total. The maximum Gasteiger partial charge on any atom is 0.306 e. The molecule has 0 fully saturated rings. The van der Waals surface area contributed by atoms with E-state index in [2.05, 4.69) is 43.3 Å². The van der Waals surface area contributed by atoms with E-state index in [-0.39, 0.29) is 5.91 Å². The van der Waals surface area contributed by atoms with Gasteiger partial charge in [0, 0.05) is 22.9 Å². The van der Waals surface area contributed by atoms with Crippen LogP contribution in [0.5, 0.6) is 0 Å². The lowest BCUT2D eigenvalue weighted by molar-refractivity contribution is 0.0944. The average Bonchev–Trinajstić information content (AvgIpc) is 3.15. The Kier molecular flexibility index (Phi) is 6.07. The number of fused-ring (bicyclic) bond motifs is 1. The number of hydrogen-bond donors (Lipinski definition) is 2. The maximum atomic E-state index is 12.9. The summed E-state index contributed by atoms with van der Waals surface area (Å²) in [5.41, 5.74) is 4.18. The number of nitrogens with one attached hydrogen (secondary N) is 2. The summed E-state index contributed by atoms with van der Waals surface area (Å²) in [6.45, 7) is 3.97. The Morgan fingerprint density at radius 2 is 2.07 bits per heavy atom. The SMILES string of the molecule is CCc1nc2ccc(I)cn2c1C(=O)NCc1ccc(N2CCNC(OC)=N2)cc1. The monoisotopic (exact) mass is 518 g/mol. The molecule has 3 heterocycles. The van der Waals surface area contributed by atoms with E-state index in [4.69, 9.17) is 4.74 Å². The molecule has 3 aromatic rings. The van der Waals surface area contributed by atoms with Crippen LogP contribution in [0.2, 0.25) is 0 Å². The van der Waals surface area contributed by atoms with Crippen LogP contribution in [-0.4, -0.2) is 41.5 Å². The highest BCUT2D eigenvalue weighted by Gasteiger charge is 2.18. The van der Waals surface area contributed by atoms with E-state index in [0.29, 0.717) is 24.7 Å². The Morgan fingerprint density at radius 1 is 1.27 bits per heavy atom. The van der Waals surface area contributed by atoms with Crippen LogP contribution in [-0.2, 0) is 17.7 Å². The number of carbonyl (C=O) groups is 1. The largest absolute Gasteiger partial charge is 0.467 e. The minimum atomic E-state index is -0.123. The Bertz CT molecular complexity index is 1090. The number of aryl methyl sites for hydroxylation is 1. The lowest BCUT2D eigenvalue weighted by atomic mass is 10.2. The van der Waals surface area contributed by atoms with E-state index in [9.17, 15) is 4.79 Å². The molecule has 156 valence electrons. The number of anilines is 1. The second-order valence-corrected chi connectivity index (χ2v) is 8.09. The normalized spacial score (nSPS) is 13.7. The van der Waals surface area contributed by atoms with E-state index in [0.717, 1.165) is 39.3 Å². The van der Waals surface area contributed by atoms with E-state index >= 15 is 0 Å². The number of hydrogen-bond acceptors (Lipinski definition) is 6. The average molecular weight is 518 g/mol. The van der Waals surface area contributed by atoms with Gasteiger partial charge in [0.1, 0.15) is 11.3 Å². The van der Waals surface area contributed by atoms with Crippen molar-refractivity contribution in [3.8, 4) is 0 Å². The summed E-state index contributed by atoms with van der Waals surface area (Å²) in [5, 5.41) is 12.4. The minimum Gasteiger partial charge on any atom is -0.467 e. The van der Waals surface area contributed by atoms with Crippen molar-refractivity contribution in [3.05, 3.63) is 63.1 Å². The third-order valence-corrected chi connectivity index (χ3v) is 5.53. The fourth-order valence-electron chi connectivity index (χ4n) is 3.37. The summed E-state index contributed by atoms with van der Waals surface area (Å²) in [6, 6.07) is 12.4. The summed E-state index contributed by atoms with van der Waals surface area (Å²) in [6.07, 6.45) is 2.64. The number of methoxy groups -OCH3 is 1. The smallest absolute Gasteiger partial charge is 0.306 e. The Hall–Kier alpha value is -2.82. The van der Waals surface area contributed by atoms with Crippen molar-refractivity contribution in [2.75, 3.05) is 25.2 Å². The van der Waals surface area contributed by atoms with Gasteiger partial charge in [-0.05, 0) is 58.8 Å². The lowest BCUT2D eigenvalue weighted by Crippen LogP contribution is -2.40. The second kappa shape index (κ2) is 8.90. The van der Waals surface area contributed by atoms with Crippen LogP contribution in [0.3, 0.4) is 0 Å². The number of nitrogens with zero attached hydrogens (tertiary/aromatic N) is 4. The summed E-state index contributed by atoms with van der Waals surface area (Å²) >= 11 is 2.24. The fourth-order valence-corrected chi connectivity index (χ4v) is 3.83. The number of hydrazone groups is 1. The first kappa shape index (κ1) is 20.5. The maximum absolute atomic E-state index is 12.9. The number of amidine groups is 1. The summed E-state index contributed by atoms with van der Waals surface area (Å²) in [7, 11) is 1.59. The highest BCUT2D eigenvalue weighted by molar-refractivity contribution is 14.1. The number of benzene rings is 1. The molecule has 4 rings (SSSR count). The van der Waals surface area contributed by atoms with Crippen LogP contribution in [0.4, 0.5) is 5.69 Å². The van der Waals surface area contributed by atoms with Crippen LogP contribution >= 0.6 is 22.6 Å². The quantitative estimate of drug-likeness (QED) is 0.508. The number of imidazole rings is 1. The molecular formula is C21H23IN6O2. The molecule has 0 saturated heterocycles. The number of aromatic nitrogens is 2. The first-order chi connectivity index (χ1) is 14.6. The van der Waals surface area contributed by atoms with Gasteiger partial charge in [0.05, 0.1) is 25.0 Å². The molecule has 0 spiro atoms. The minimum absolute atomic E-state index is 0.123. The van der Waals surface area contributed by atoms with Gasteiger partial charge in [-0.2, -0.15) is 0 Å². The highest BCUT2D eigenvalue weighted by Crippen LogP contribution is 2.18. The molecule has 0 saturated carbocycles. The molecule has 0 radical (unpaired) electrons. The first-order valence-corrected chi connectivity index (χ1v) is 10.8. The number of ether oxygens (including phenoxy) is 1. The zero-order valence-corrected chi connectivity index (χ0v) is 19.0. The van der Waals surface area contributed by atoms with Crippen LogP contribution in [0, 0.1) is 3.57 Å². The molecule has 0 unspecified atom stereocenters. The number of halogens is 1. The summed E-state index contributed by atoms with van der Waals surface area (Å²) in [5.74, 6) is -0.123. The zero-order chi connectivity index (χ0) is 21.1. The van der Waals surface area contributed by atoms with E-state index in [1.807, 2.05) is 58.9 Å².